The summed E-state index contributed by atoms with van der Waals surface area (Å²) in [5, 5.41) is 19.2. The molecule has 3 aromatic rings. The van der Waals surface area contributed by atoms with E-state index in [9.17, 15) is 18.3 Å². The van der Waals surface area contributed by atoms with Crippen LogP contribution in [-0.2, 0) is 10.0 Å². The first kappa shape index (κ1) is 18.1. The van der Waals surface area contributed by atoms with Gasteiger partial charge >= 0.3 is 5.97 Å². The van der Waals surface area contributed by atoms with Gasteiger partial charge in [-0.1, -0.05) is 23.7 Å². The van der Waals surface area contributed by atoms with Crippen molar-refractivity contribution < 1.29 is 18.3 Å². The van der Waals surface area contributed by atoms with Gasteiger partial charge in [0.2, 0.25) is 10.0 Å². The van der Waals surface area contributed by atoms with Crippen molar-refractivity contribution in [3.05, 3.63) is 64.8 Å². The number of carboxylic acids is 1. The smallest absolute Gasteiger partial charge is 0.356 e. The zero-order valence-electron chi connectivity index (χ0n) is 13.5. The lowest BCUT2D eigenvalue weighted by atomic mass is 10.1. The van der Waals surface area contributed by atoms with Gasteiger partial charge in [0.25, 0.3) is 0 Å². The van der Waals surface area contributed by atoms with Gasteiger partial charge in [0.1, 0.15) is 0 Å². The molecule has 0 saturated heterocycles. The normalized spacial score (nSPS) is 11.5. The summed E-state index contributed by atoms with van der Waals surface area (Å²) >= 11 is 5.93. The number of carboxylic acid groups (broad SMARTS) is 1. The zero-order valence-corrected chi connectivity index (χ0v) is 15.1. The first-order chi connectivity index (χ1) is 12.2. The fourth-order valence-corrected chi connectivity index (χ4v) is 3.25. The van der Waals surface area contributed by atoms with Gasteiger partial charge in [0.15, 0.2) is 5.69 Å². The first-order valence-corrected chi connectivity index (χ1v) is 9.33. The van der Waals surface area contributed by atoms with Crippen LogP contribution in [0.5, 0.6) is 0 Å². The van der Waals surface area contributed by atoms with Gasteiger partial charge in [-0.3, -0.25) is 0 Å². The SMILES string of the molecule is Cc1c(C(=O)O)nn(-c2ccc(S(N)(=O)=O)cc2)c1-c1ccc(Cl)cc1. The molecule has 1 heterocycles. The third-order valence-corrected chi connectivity index (χ3v) is 5.03. The number of aromatic carboxylic acids is 1. The molecule has 0 amide bonds. The van der Waals surface area contributed by atoms with Gasteiger partial charge in [-0.15, -0.1) is 0 Å². The highest BCUT2D eigenvalue weighted by Gasteiger charge is 2.21. The lowest BCUT2D eigenvalue weighted by Crippen LogP contribution is -2.12. The quantitative estimate of drug-likeness (QED) is 0.709. The number of benzene rings is 2. The van der Waals surface area contributed by atoms with Crippen molar-refractivity contribution in [3.63, 3.8) is 0 Å². The maximum atomic E-state index is 11.5. The Balaban J connectivity index is 2.22. The lowest BCUT2D eigenvalue weighted by Gasteiger charge is -2.09. The van der Waals surface area contributed by atoms with Crippen molar-refractivity contribution in [2.24, 2.45) is 5.14 Å². The number of aromatic nitrogens is 2. The Bertz CT molecular complexity index is 1090. The fraction of sp³-hybridized carbons (Fsp3) is 0.0588. The number of sulfonamides is 1. The minimum atomic E-state index is -3.82. The van der Waals surface area contributed by atoms with Crippen molar-refractivity contribution in [2.45, 2.75) is 11.8 Å². The van der Waals surface area contributed by atoms with Gasteiger partial charge in [-0.2, -0.15) is 5.10 Å². The largest absolute Gasteiger partial charge is 0.476 e. The molecule has 7 nitrogen and oxygen atoms in total. The molecule has 3 rings (SSSR count). The second kappa shape index (κ2) is 6.56. The molecule has 0 aliphatic heterocycles. The number of hydrogen-bond donors (Lipinski definition) is 2. The molecule has 1 aromatic heterocycles. The minimum absolute atomic E-state index is 0.0448. The predicted octanol–water partition coefficient (Wildman–Crippen LogP) is 2.85. The van der Waals surface area contributed by atoms with Crippen LogP contribution >= 0.6 is 11.6 Å². The van der Waals surface area contributed by atoms with Gasteiger partial charge in [-0.25, -0.2) is 23.0 Å². The third-order valence-electron chi connectivity index (χ3n) is 3.85. The first-order valence-electron chi connectivity index (χ1n) is 7.40. The van der Waals surface area contributed by atoms with Crippen LogP contribution < -0.4 is 5.14 Å². The molecule has 0 radical (unpaired) electrons. The molecule has 26 heavy (non-hydrogen) atoms. The van der Waals surface area contributed by atoms with E-state index in [4.69, 9.17) is 16.7 Å². The van der Waals surface area contributed by atoms with Crippen LogP contribution in [0.1, 0.15) is 16.1 Å². The molecule has 0 atom stereocenters. The highest BCUT2D eigenvalue weighted by atomic mass is 35.5. The topological polar surface area (TPSA) is 115 Å². The lowest BCUT2D eigenvalue weighted by molar-refractivity contribution is 0.0689. The van der Waals surface area contributed by atoms with Crippen LogP contribution in [0.3, 0.4) is 0 Å². The van der Waals surface area contributed by atoms with Crippen molar-refractivity contribution in [1.82, 2.24) is 9.78 Å². The standard InChI is InChI=1S/C17H14ClN3O4S/c1-10-15(17(22)23)20-21(16(10)11-2-4-12(18)5-3-11)13-6-8-14(9-7-13)26(19,24)25/h2-9H,1H3,(H,22,23)(H2,19,24,25). The van der Waals surface area contributed by atoms with E-state index in [1.165, 1.54) is 28.9 Å². The molecule has 2 aromatic carbocycles. The highest BCUT2D eigenvalue weighted by Crippen LogP contribution is 2.30. The molecule has 0 saturated carbocycles. The van der Waals surface area contributed by atoms with Crippen LogP contribution in [0.15, 0.2) is 53.4 Å². The van der Waals surface area contributed by atoms with Crippen molar-refractivity contribution in [2.75, 3.05) is 0 Å². The van der Waals surface area contributed by atoms with Crippen LogP contribution in [0.4, 0.5) is 0 Å². The highest BCUT2D eigenvalue weighted by molar-refractivity contribution is 7.89. The van der Waals surface area contributed by atoms with E-state index < -0.39 is 16.0 Å². The molecule has 0 fully saturated rings. The fourth-order valence-electron chi connectivity index (χ4n) is 2.61. The molecular formula is C17H14ClN3O4S. The number of carbonyl (C=O) groups is 1. The monoisotopic (exact) mass is 391 g/mol. The van der Waals surface area contributed by atoms with Crippen molar-refractivity contribution in [1.29, 1.82) is 0 Å². The Labute approximate surface area is 154 Å². The van der Waals surface area contributed by atoms with Gasteiger partial charge in [0.05, 0.1) is 16.3 Å². The van der Waals surface area contributed by atoms with Crippen molar-refractivity contribution in [3.8, 4) is 16.9 Å². The number of primary sulfonamides is 1. The maximum absolute atomic E-state index is 11.5. The van der Waals surface area contributed by atoms with Gasteiger partial charge in [0, 0.05) is 16.1 Å². The van der Waals surface area contributed by atoms with Crippen molar-refractivity contribution >= 4 is 27.6 Å². The van der Waals surface area contributed by atoms with E-state index >= 15 is 0 Å². The van der Waals surface area contributed by atoms with Crippen LogP contribution in [0.2, 0.25) is 5.02 Å². The van der Waals surface area contributed by atoms with E-state index in [-0.39, 0.29) is 10.6 Å². The zero-order chi connectivity index (χ0) is 19.1. The Kier molecular flexibility index (Phi) is 4.57. The van der Waals surface area contributed by atoms with E-state index in [1.807, 2.05) is 0 Å². The predicted molar refractivity (Wildman–Crippen MR) is 97.1 cm³/mol. The third kappa shape index (κ3) is 3.34. The molecule has 0 aliphatic carbocycles. The van der Waals surface area contributed by atoms with Gasteiger partial charge < -0.3 is 5.11 Å². The van der Waals surface area contributed by atoms with Crippen LogP contribution in [0.25, 0.3) is 16.9 Å². The Morgan fingerprint density at radius 3 is 2.19 bits per heavy atom. The summed E-state index contributed by atoms with van der Waals surface area (Å²) in [4.78, 5) is 11.5. The summed E-state index contributed by atoms with van der Waals surface area (Å²) in [6.45, 7) is 1.66. The maximum Gasteiger partial charge on any atom is 0.356 e. The number of halogens is 1. The van der Waals surface area contributed by atoms with Crippen LogP contribution in [-0.4, -0.2) is 29.3 Å². The molecule has 9 heteroatoms. The Hall–Kier alpha value is -2.68. The van der Waals surface area contributed by atoms with Crippen LogP contribution in [0, 0.1) is 6.92 Å². The molecule has 134 valence electrons. The van der Waals surface area contributed by atoms with E-state index in [1.54, 1.807) is 31.2 Å². The number of nitrogens with two attached hydrogens (primary N) is 1. The average Bonchev–Trinajstić information content (AvgIpc) is 2.92. The van der Waals surface area contributed by atoms with E-state index in [2.05, 4.69) is 5.10 Å². The minimum Gasteiger partial charge on any atom is -0.476 e. The van der Waals surface area contributed by atoms with Gasteiger partial charge in [-0.05, 0) is 43.3 Å². The Morgan fingerprint density at radius 1 is 1.12 bits per heavy atom. The summed E-state index contributed by atoms with van der Waals surface area (Å²) in [6.07, 6.45) is 0. The summed E-state index contributed by atoms with van der Waals surface area (Å²) in [7, 11) is -3.82. The summed E-state index contributed by atoms with van der Waals surface area (Å²) in [5.74, 6) is -1.15. The molecule has 0 bridgehead atoms. The molecule has 0 aliphatic rings. The summed E-state index contributed by atoms with van der Waals surface area (Å²) < 4.78 is 24.3. The van der Waals surface area contributed by atoms with E-state index in [0.29, 0.717) is 22.0 Å². The molecule has 0 spiro atoms. The second-order valence-corrected chi connectivity index (χ2v) is 7.58. The number of hydrogen-bond acceptors (Lipinski definition) is 4. The molecular weight excluding hydrogens is 378 g/mol. The molecule has 0 unspecified atom stereocenters. The summed E-state index contributed by atoms with van der Waals surface area (Å²) in [5.41, 5.74) is 2.18. The summed E-state index contributed by atoms with van der Waals surface area (Å²) in [6, 6.07) is 12.6. The van der Waals surface area contributed by atoms with E-state index in [0.717, 1.165) is 5.56 Å². The molecule has 3 N–H and O–H groups in total. The number of rotatable bonds is 4. The average molecular weight is 392 g/mol. The Morgan fingerprint density at radius 2 is 1.69 bits per heavy atom. The second-order valence-electron chi connectivity index (χ2n) is 5.58. The number of nitrogens with zero attached hydrogens (tertiary/aromatic N) is 2.